The van der Waals surface area contributed by atoms with Gasteiger partial charge in [0.25, 0.3) is 0 Å². The Balaban J connectivity index is 3.85. The van der Waals surface area contributed by atoms with Crippen LogP contribution in [-0.2, 0) is 14.3 Å². The van der Waals surface area contributed by atoms with Crippen molar-refractivity contribution in [2.75, 3.05) is 6.61 Å². The Morgan fingerprint density at radius 2 is 1.72 bits per heavy atom. The van der Waals surface area contributed by atoms with Gasteiger partial charge < -0.3 is 9.84 Å². The molecule has 1 N–H and O–H groups in total. The standard InChI is InChI=1S/C14H26O4/c1-10(2)8-12(14(16)17)6-5-7-13(15)18-9-11(3)4/h10-12H,5-9H2,1-4H3,(H,16,17). The molecule has 0 aromatic rings. The predicted octanol–water partition coefficient (Wildman–Crippen LogP) is 3.10. The third kappa shape index (κ3) is 9.02. The number of esters is 1. The van der Waals surface area contributed by atoms with Crippen molar-refractivity contribution in [3.8, 4) is 0 Å². The first kappa shape index (κ1) is 16.9. The average Bonchev–Trinajstić information content (AvgIpc) is 2.24. The second-order valence-electron chi connectivity index (χ2n) is 5.63. The van der Waals surface area contributed by atoms with Crippen LogP contribution in [0.25, 0.3) is 0 Å². The molecule has 0 rings (SSSR count). The third-order valence-electron chi connectivity index (χ3n) is 2.62. The number of ether oxygens (including phenoxy) is 1. The topological polar surface area (TPSA) is 63.6 Å². The van der Waals surface area contributed by atoms with Crippen LogP contribution in [0.15, 0.2) is 0 Å². The van der Waals surface area contributed by atoms with Crippen LogP contribution in [0.3, 0.4) is 0 Å². The summed E-state index contributed by atoms with van der Waals surface area (Å²) < 4.78 is 5.04. The minimum absolute atomic E-state index is 0.225. The number of carboxylic acid groups (broad SMARTS) is 1. The van der Waals surface area contributed by atoms with Gasteiger partial charge in [0.15, 0.2) is 0 Å². The monoisotopic (exact) mass is 258 g/mol. The molecule has 0 spiro atoms. The number of carboxylic acids is 1. The van der Waals surface area contributed by atoms with Crippen molar-refractivity contribution in [2.24, 2.45) is 17.8 Å². The number of aliphatic carboxylic acids is 1. The highest BCUT2D eigenvalue weighted by Crippen LogP contribution is 2.18. The molecule has 0 aliphatic carbocycles. The molecule has 4 nitrogen and oxygen atoms in total. The molecule has 0 amide bonds. The molecule has 4 heteroatoms. The van der Waals surface area contributed by atoms with Crippen LogP contribution in [0.4, 0.5) is 0 Å². The molecule has 0 aliphatic heterocycles. The van der Waals surface area contributed by atoms with Crippen LogP contribution < -0.4 is 0 Å². The van der Waals surface area contributed by atoms with Crippen molar-refractivity contribution in [3.63, 3.8) is 0 Å². The molecule has 0 saturated heterocycles. The maximum atomic E-state index is 11.4. The summed E-state index contributed by atoms with van der Waals surface area (Å²) >= 11 is 0. The molecule has 106 valence electrons. The van der Waals surface area contributed by atoms with Gasteiger partial charge in [0.05, 0.1) is 12.5 Å². The van der Waals surface area contributed by atoms with E-state index < -0.39 is 5.97 Å². The highest BCUT2D eigenvalue weighted by atomic mass is 16.5. The third-order valence-corrected chi connectivity index (χ3v) is 2.62. The van der Waals surface area contributed by atoms with E-state index >= 15 is 0 Å². The van der Waals surface area contributed by atoms with E-state index in [2.05, 4.69) is 0 Å². The molecular formula is C14H26O4. The summed E-state index contributed by atoms with van der Waals surface area (Å²) in [6.07, 6.45) is 2.11. The average molecular weight is 258 g/mol. The number of rotatable bonds is 9. The van der Waals surface area contributed by atoms with Crippen LogP contribution in [-0.4, -0.2) is 23.7 Å². The van der Waals surface area contributed by atoms with Crippen LogP contribution in [0.5, 0.6) is 0 Å². The summed E-state index contributed by atoms with van der Waals surface area (Å²) in [7, 11) is 0. The van der Waals surface area contributed by atoms with Gasteiger partial charge in [-0.15, -0.1) is 0 Å². The predicted molar refractivity (Wildman–Crippen MR) is 70.2 cm³/mol. The number of carbonyl (C=O) groups is 2. The fourth-order valence-corrected chi connectivity index (χ4v) is 1.74. The van der Waals surface area contributed by atoms with Gasteiger partial charge in [0, 0.05) is 6.42 Å². The van der Waals surface area contributed by atoms with E-state index in [1.807, 2.05) is 27.7 Å². The second kappa shape index (κ2) is 8.95. The molecule has 0 aliphatic rings. The van der Waals surface area contributed by atoms with Gasteiger partial charge in [-0.3, -0.25) is 9.59 Å². The first-order chi connectivity index (χ1) is 8.32. The zero-order chi connectivity index (χ0) is 14.1. The number of hydrogen-bond acceptors (Lipinski definition) is 3. The van der Waals surface area contributed by atoms with Crippen molar-refractivity contribution in [3.05, 3.63) is 0 Å². The highest BCUT2D eigenvalue weighted by molar-refractivity contribution is 5.71. The summed E-state index contributed by atoms with van der Waals surface area (Å²) in [6, 6.07) is 0. The summed E-state index contributed by atoms with van der Waals surface area (Å²) in [6.45, 7) is 8.42. The Morgan fingerprint density at radius 3 is 2.17 bits per heavy atom. The van der Waals surface area contributed by atoms with Gasteiger partial charge in [-0.2, -0.15) is 0 Å². The van der Waals surface area contributed by atoms with E-state index in [9.17, 15) is 9.59 Å². The van der Waals surface area contributed by atoms with E-state index in [1.165, 1.54) is 0 Å². The first-order valence-corrected chi connectivity index (χ1v) is 6.71. The number of hydrogen-bond donors (Lipinski definition) is 1. The quantitative estimate of drug-likeness (QED) is 0.645. The van der Waals surface area contributed by atoms with Crippen LogP contribution >= 0.6 is 0 Å². The summed E-state index contributed by atoms with van der Waals surface area (Å²) in [5.41, 5.74) is 0. The van der Waals surface area contributed by atoms with Crippen molar-refractivity contribution < 1.29 is 19.4 Å². The molecule has 0 fully saturated rings. The Morgan fingerprint density at radius 1 is 1.11 bits per heavy atom. The largest absolute Gasteiger partial charge is 0.481 e. The Hall–Kier alpha value is -1.06. The molecular weight excluding hydrogens is 232 g/mol. The Kier molecular flexibility index (Phi) is 8.42. The lowest BCUT2D eigenvalue weighted by atomic mass is 9.92. The van der Waals surface area contributed by atoms with Gasteiger partial charge in [-0.1, -0.05) is 27.7 Å². The molecule has 0 saturated carbocycles. The van der Waals surface area contributed by atoms with Gasteiger partial charge >= 0.3 is 11.9 Å². The highest BCUT2D eigenvalue weighted by Gasteiger charge is 2.19. The van der Waals surface area contributed by atoms with E-state index in [1.54, 1.807) is 0 Å². The molecule has 1 unspecified atom stereocenters. The summed E-state index contributed by atoms with van der Waals surface area (Å²) in [5.74, 6) is -0.639. The maximum Gasteiger partial charge on any atom is 0.306 e. The fraction of sp³-hybridized carbons (Fsp3) is 0.857. The van der Waals surface area contributed by atoms with Crippen LogP contribution in [0.1, 0.15) is 53.4 Å². The van der Waals surface area contributed by atoms with E-state index in [-0.39, 0.29) is 11.9 Å². The minimum Gasteiger partial charge on any atom is -0.481 e. The molecule has 18 heavy (non-hydrogen) atoms. The Labute approximate surface area is 110 Å². The normalized spacial score (nSPS) is 12.8. The van der Waals surface area contributed by atoms with Gasteiger partial charge in [-0.05, 0) is 31.1 Å². The van der Waals surface area contributed by atoms with E-state index in [0.29, 0.717) is 44.1 Å². The second-order valence-corrected chi connectivity index (χ2v) is 5.63. The molecule has 0 heterocycles. The van der Waals surface area contributed by atoms with Crippen LogP contribution in [0.2, 0.25) is 0 Å². The van der Waals surface area contributed by atoms with Gasteiger partial charge in [-0.25, -0.2) is 0 Å². The lowest BCUT2D eigenvalue weighted by Crippen LogP contribution is -2.17. The minimum atomic E-state index is -0.765. The van der Waals surface area contributed by atoms with E-state index in [4.69, 9.17) is 9.84 Å². The number of carbonyl (C=O) groups excluding carboxylic acids is 1. The molecule has 0 aromatic heterocycles. The van der Waals surface area contributed by atoms with Gasteiger partial charge in [0.1, 0.15) is 0 Å². The molecule has 0 aromatic carbocycles. The van der Waals surface area contributed by atoms with Crippen LogP contribution in [0, 0.1) is 17.8 Å². The lowest BCUT2D eigenvalue weighted by molar-refractivity contribution is -0.146. The zero-order valence-corrected chi connectivity index (χ0v) is 11.9. The zero-order valence-electron chi connectivity index (χ0n) is 11.9. The van der Waals surface area contributed by atoms with Crippen molar-refractivity contribution in [2.45, 2.75) is 53.4 Å². The molecule has 1 atom stereocenters. The first-order valence-electron chi connectivity index (χ1n) is 6.71. The Bertz CT molecular complexity index is 259. The van der Waals surface area contributed by atoms with Gasteiger partial charge in [0.2, 0.25) is 0 Å². The SMILES string of the molecule is CC(C)COC(=O)CCCC(CC(C)C)C(=O)O. The maximum absolute atomic E-state index is 11.4. The smallest absolute Gasteiger partial charge is 0.306 e. The summed E-state index contributed by atoms with van der Waals surface area (Å²) in [5, 5.41) is 9.05. The van der Waals surface area contributed by atoms with E-state index in [0.717, 1.165) is 0 Å². The van der Waals surface area contributed by atoms with Crippen molar-refractivity contribution >= 4 is 11.9 Å². The summed E-state index contributed by atoms with van der Waals surface area (Å²) in [4.78, 5) is 22.4. The molecule has 0 radical (unpaired) electrons. The fourth-order valence-electron chi connectivity index (χ4n) is 1.74. The molecule has 0 bridgehead atoms. The van der Waals surface area contributed by atoms with Crippen molar-refractivity contribution in [1.82, 2.24) is 0 Å². The lowest BCUT2D eigenvalue weighted by Gasteiger charge is -2.14. The van der Waals surface area contributed by atoms with Crippen molar-refractivity contribution in [1.29, 1.82) is 0 Å².